The lowest BCUT2D eigenvalue weighted by atomic mass is 10.1. The number of hydrogen-bond donors (Lipinski definition) is 1. The Kier molecular flexibility index (Phi) is 5.13. The molecule has 0 bridgehead atoms. The van der Waals surface area contributed by atoms with Crippen LogP contribution >= 0.6 is 22.9 Å². The van der Waals surface area contributed by atoms with Crippen LogP contribution in [0.15, 0.2) is 29.4 Å². The lowest BCUT2D eigenvalue weighted by Crippen LogP contribution is -2.28. The van der Waals surface area contributed by atoms with Crippen molar-refractivity contribution in [3.63, 3.8) is 0 Å². The second kappa shape index (κ2) is 7.27. The first-order valence-electron chi connectivity index (χ1n) is 7.42. The van der Waals surface area contributed by atoms with Gasteiger partial charge in [-0.15, -0.1) is 11.3 Å². The van der Waals surface area contributed by atoms with E-state index in [9.17, 15) is 8.78 Å². The van der Waals surface area contributed by atoms with Crippen LogP contribution in [0.4, 0.5) is 19.5 Å². The third-order valence-electron chi connectivity index (χ3n) is 3.66. The van der Waals surface area contributed by atoms with Gasteiger partial charge >= 0.3 is 0 Å². The fraction of sp³-hybridized carbons (Fsp3) is 0.312. The van der Waals surface area contributed by atoms with Crippen molar-refractivity contribution in [3.8, 4) is 0 Å². The zero-order valence-electron chi connectivity index (χ0n) is 12.4. The molecule has 0 atom stereocenters. The van der Waals surface area contributed by atoms with Crippen LogP contribution in [0.3, 0.4) is 0 Å². The summed E-state index contributed by atoms with van der Waals surface area (Å²) in [6.45, 7) is 2.16. The predicted octanol–water partition coefficient (Wildman–Crippen LogP) is 5.12. The average Bonchev–Trinajstić information content (AvgIpc) is 2.99. The van der Waals surface area contributed by atoms with Gasteiger partial charge in [0.05, 0.1) is 11.2 Å². The van der Waals surface area contributed by atoms with Crippen LogP contribution in [0.2, 0.25) is 5.02 Å². The monoisotopic (exact) mass is 355 g/mol. The van der Waals surface area contributed by atoms with Gasteiger partial charge in [-0.05, 0) is 43.5 Å². The number of rotatable bonds is 4. The van der Waals surface area contributed by atoms with Crippen LogP contribution in [0.1, 0.15) is 24.1 Å². The van der Waals surface area contributed by atoms with Crippen LogP contribution in [0.25, 0.3) is 0 Å². The molecule has 122 valence electrons. The number of nitrogens with zero attached hydrogens (tertiary/aromatic N) is 2. The third kappa shape index (κ3) is 4.00. The first kappa shape index (κ1) is 16.2. The van der Waals surface area contributed by atoms with Crippen molar-refractivity contribution < 1.29 is 8.78 Å². The molecule has 1 aromatic heterocycles. The molecule has 23 heavy (non-hydrogen) atoms. The molecule has 1 saturated heterocycles. The lowest BCUT2D eigenvalue weighted by Gasteiger charge is -2.27. The van der Waals surface area contributed by atoms with E-state index in [2.05, 4.69) is 21.5 Å². The largest absolute Gasteiger partial charge is 0.363 e. The summed E-state index contributed by atoms with van der Waals surface area (Å²) in [6, 6.07) is 6.10. The Labute approximate surface area is 142 Å². The molecule has 0 saturated carbocycles. The Bertz CT molecular complexity index is 688. The quantitative estimate of drug-likeness (QED) is 0.609. The first-order chi connectivity index (χ1) is 11.1. The molecule has 0 radical (unpaired) electrons. The standard InChI is InChI=1S/C16H16ClF2N3S/c17-11-8-13(18)16(14(19)9-11)21-20-10-12-4-5-15(23-12)22-6-2-1-3-7-22/h4-5,8-10,21H,1-3,6-7H2/b20-10+. The Morgan fingerprint density at radius 1 is 1.13 bits per heavy atom. The molecule has 1 aliphatic rings. The fourth-order valence-electron chi connectivity index (χ4n) is 2.51. The van der Waals surface area contributed by atoms with Crippen LogP contribution in [-0.4, -0.2) is 19.3 Å². The average molecular weight is 356 g/mol. The fourth-order valence-corrected chi connectivity index (χ4v) is 3.63. The first-order valence-corrected chi connectivity index (χ1v) is 8.61. The maximum atomic E-state index is 13.6. The normalized spacial score (nSPS) is 15.3. The van der Waals surface area contributed by atoms with Gasteiger partial charge in [0, 0.05) is 23.0 Å². The summed E-state index contributed by atoms with van der Waals surface area (Å²) in [5, 5.41) is 5.13. The second-order valence-electron chi connectivity index (χ2n) is 5.34. The number of hydrazone groups is 1. The Morgan fingerprint density at radius 3 is 2.52 bits per heavy atom. The molecule has 0 spiro atoms. The van der Waals surface area contributed by atoms with Crippen LogP contribution in [-0.2, 0) is 0 Å². The minimum Gasteiger partial charge on any atom is -0.363 e. The Hall–Kier alpha value is -1.66. The van der Waals surface area contributed by atoms with E-state index >= 15 is 0 Å². The summed E-state index contributed by atoms with van der Waals surface area (Å²) in [6.07, 6.45) is 5.29. The molecule has 2 aromatic rings. The van der Waals surface area contributed by atoms with Crippen molar-refractivity contribution in [3.05, 3.63) is 45.8 Å². The topological polar surface area (TPSA) is 27.6 Å². The van der Waals surface area contributed by atoms with Crippen LogP contribution < -0.4 is 10.3 Å². The van der Waals surface area contributed by atoms with E-state index in [1.165, 1.54) is 24.3 Å². The van der Waals surface area contributed by atoms with Gasteiger partial charge in [0.1, 0.15) is 5.69 Å². The molecule has 0 amide bonds. The third-order valence-corrected chi connectivity index (χ3v) is 4.95. The number of anilines is 2. The van der Waals surface area contributed by atoms with Gasteiger partial charge in [-0.3, -0.25) is 5.43 Å². The van der Waals surface area contributed by atoms with Gasteiger partial charge in [-0.2, -0.15) is 5.10 Å². The summed E-state index contributed by atoms with van der Waals surface area (Å²) < 4.78 is 27.2. The SMILES string of the molecule is Fc1cc(Cl)cc(F)c1N/N=C/c1ccc(N2CCCCC2)s1. The van der Waals surface area contributed by atoms with E-state index in [-0.39, 0.29) is 10.7 Å². The molecule has 2 heterocycles. The van der Waals surface area contributed by atoms with Crippen molar-refractivity contribution in [1.29, 1.82) is 0 Å². The van der Waals surface area contributed by atoms with Crippen molar-refractivity contribution in [2.45, 2.75) is 19.3 Å². The van der Waals surface area contributed by atoms with E-state index in [4.69, 9.17) is 11.6 Å². The van der Waals surface area contributed by atoms with Gasteiger partial charge < -0.3 is 4.90 Å². The molecule has 1 fully saturated rings. The van der Waals surface area contributed by atoms with Gasteiger partial charge in [0.2, 0.25) is 0 Å². The summed E-state index contributed by atoms with van der Waals surface area (Å²) in [4.78, 5) is 3.28. The molecule has 0 unspecified atom stereocenters. The molecule has 1 N–H and O–H groups in total. The Balaban J connectivity index is 1.66. The van der Waals surface area contributed by atoms with E-state index in [1.54, 1.807) is 17.6 Å². The smallest absolute Gasteiger partial charge is 0.152 e. The number of nitrogens with one attached hydrogen (secondary N) is 1. The van der Waals surface area contributed by atoms with Gasteiger partial charge in [0.25, 0.3) is 0 Å². The molecule has 0 aliphatic carbocycles. The molecule has 1 aliphatic heterocycles. The Morgan fingerprint density at radius 2 is 1.83 bits per heavy atom. The zero-order chi connectivity index (χ0) is 16.2. The number of benzene rings is 1. The molecule has 3 nitrogen and oxygen atoms in total. The van der Waals surface area contributed by atoms with Crippen molar-refractivity contribution >= 4 is 39.8 Å². The molecular formula is C16H16ClF2N3S. The number of halogens is 3. The van der Waals surface area contributed by atoms with Gasteiger partial charge in [-0.1, -0.05) is 11.6 Å². The maximum Gasteiger partial charge on any atom is 0.152 e. The number of piperidine rings is 1. The van der Waals surface area contributed by atoms with Crippen LogP contribution in [0.5, 0.6) is 0 Å². The van der Waals surface area contributed by atoms with E-state index in [1.807, 2.05) is 6.07 Å². The van der Waals surface area contributed by atoms with Crippen molar-refractivity contribution in [2.75, 3.05) is 23.4 Å². The molecule has 7 heteroatoms. The number of hydrogen-bond acceptors (Lipinski definition) is 4. The zero-order valence-corrected chi connectivity index (χ0v) is 13.9. The highest BCUT2D eigenvalue weighted by atomic mass is 35.5. The summed E-state index contributed by atoms with van der Waals surface area (Å²) in [7, 11) is 0. The van der Waals surface area contributed by atoms with Crippen molar-refractivity contribution in [2.24, 2.45) is 5.10 Å². The summed E-state index contributed by atoms with van der Waals surface area (Å²) in [5.41, 5.74) is 2.09. The second-order valence-corrected chi connectivity index (χ2v) is 6.87. The molecule has 3 rings (SSSR count). The minimum atomic E-state index is -0.771. The van der Waals surface area contributed by atoms with Crippen molar-refractivity contribution in [1.82, 2.24) is 0 Å². The maximum absolute atomic E-state index is 13.6. The minimum absolute atomic E-state index is 0.0129. The van der Waals surface area contributed by atoms with E-state index in [0.29, 0.717) is 0 Å². The van der Waals surface area contributed by atoms with E-state index < -0.39 is 11.6 Å². The van der Waals surface area contributed by atoms with E-state index in [0.717, 1.165) is 30.1 Å². The van der Waals surface area contributed by atoms with Gasteiger partial charge in [-0.25, -0.2) is 8.78 Å². The van der Waals surface area contributed by atoms with Gasteiger partial charge in [0.15, 0.2) is 11.6 Å². The molecule has 1 aromatic carbocycles. The lowest BCUT2D eigenvalue weighted by molar-refractivity contribution is 0.580. The highest BCUT2D eigenvalue weighted by Crippen LogP contribution is 2.28. The highest BCUT2D eigenvalue weighted by molar-refractivity contribution is 7.17. The predicted molar refractivity (Wildman–Crippen MR) is 93.0 cm³/mol. The molecular weight excluding hydrogens is 340 g/mol. The highest BCUT2D eigenvalue weighted by Gasteiger charge is 2.13. The van der Waals surface area contributed by atoms with Crippen LogP contribution in [0, 0.1) is 11.6 Å². The summed E-state index contributed by atoms with van der Waals surface area (Å²) >= 11 is 7.19. The summed E-state index contributed by atoms with van der Waals surface area (Å²) in [5.74, 6) is -1.54. The number of thiophene rings is 1.